The summed E-state index contributed by atoms with van der Waals surface area (Å²) in [5, 5.41) is 17.3. The first kappa shape index (κ1) is 23.6. The van der Waals surface area contributed by atoms with Crippen LogP contribution in [0.1, 0.15) is 28.4 Å². The lowest BCUT2D eigenvalue weighted by molar-refractivity contribution is 0.675. The fourth-order valence-electron chi connectivity index (χ4n) is 5.32. The topological polar surface area (TPSA) is 60.5 Å². The molecular formula is C36H24N4. The van der Waals surface area contributed by atoms with E-state index in [1.54, 1.807) is 0 Å². The molecule has 1 aliphatic heterocycles. The van der Waals surface area contributed by atoms with Crippen LogP contribution in [0.25, 0.3) is 32.7 Å². The third kappa shape index (κ3) is 4.30. The summed E-state index contributed by atoms with van der Waals surface area (Å²) in [6, 6.07) is 47.6. The highest BCUT2D eigenvalue weighted by atomic mass is 15.2. The van der Waals surface area contributed by atoms with E-state index < -0.39 is 0 Å². The van der Waals surface area contributed by atoms with Crippen molar-refractivity contribution >= 4 is 33.2 Å². The number of rotatable bonds is 4. The van der Waals surface area contributed by atoms with Gasteiger partial charge >= 0.3 is 0 Å². The van der Waals surface area contributed by atoms with Crippen LogP contribution in [0.2, 0.25) is 0 Å². The summed E-state index contributed by atoms with van der Waals surface area (Å²) >= 11 is 0. The van der Waals surface area contributed by atoms with E-state index in [4.69, 9.17) is 15.2 Å². The monoisotopic (exact) mass is 512 g/mol. The Hall–Kier alpha value is -5.53. The van der Waals surface area contributed by atoms with Gasteiger partial charge in [-0.2, -0.15) is 5.26 Å². The summed E-state index contributed by atoms with van der Waals surface area (Å²) in [7, 11) is 0. The molecule has 4 nitrogen and oxygen atoms in total. The maximum atomic E-state index is 9.13. The lowest BCUT2D eigenvalue weighted by atomic mass is 10.00. The molecule has 1 unspecified atom stereocenters. The molecule has 0 spiro atoms. The first-order valence-electron chi connectivity index (χ1n) is 13.3. The van der Waals surface area contributed by atoms with E-state index in [1.165, 1.54) is 5.39 Å². The number of aliphatic imine (C=N–C) groups is 2. The second kappa shape index (κ2) is 9.98. The number of hydrogen-bond acceptors (Lipinski definition) is 4. The van der Waals surface area contributed by atoms with Crippen molar-refractivity contribution < 1.29 is 0 Å². The van der Waals surface area contributed by atoms with Crippen molar-refractivity contribution in [1.29, 1.82) is 5.26 Å². The van der Waals surface area contributed by atoms with Gasteiger partial charge < -0.3 is 5.32 Å². The maximum absolute atomic E-state index is 9.13. The zero-order valence-electron chi connectivity index (χ0n) is 21.6. The average molecular weight is 513 g/mol. The standard InChI is InChI=1S/C36H24N4/c37-23-24-15-17-25(18-16-24)26-19-21-29(22-20-26)34-38-35(32-13-5-9-27-7-1-3-11-30(27)32)40-36(39-34)33-14-6-10-28-8-2-4-12-31(28)33/h1-22,34H,(H,38,39,40). The van der Waals surface area contributed by atoms with Gasteiger partial charge in [-0.15, -0.1) is 0 Å². The molecule has 0 radical (unpaired) electrons. The van der Waals surface area contributed by atoms with E-state index in [-0.39, 0.29) is 6.17 Å². The van der Waals surface area contributed by atoms with Crippen LogP contribution in [0.3, 0.4) is 0 Å². The number of nitrogens with one attached hydrogen (secondary N) is 1. The summed E-state index contributed by atoms with van der Waals surface area (Å²) in [4.78, 5) is 10.2. The third-order valence-corrected chi connectivity index (χ3v) is 7.39. The number of nitriles is 1. The fraction of sp³-hybridized carbons (Fsp3) is 0.0278. The highest BCUT2D eigenvalue weighted by molar-refractivity contribution is 6.20. The van der Waals surface area contributed by atoms with Crippen molar-refractivity contribution in [2.75, 3.05) is 0 Å². The predicted octanol–water partition coefficient (Wildman–Crippen LogP) is 8.03. The molecule has 4 heteroatoms. The van der Waals surface area contributed by atoms with Gasteiger partial charge in [0, 0.05) is 11.1 Å². The highest BCUT2D eigenvalue weighted by Crippen LogP contribution is 2.29. The van der Waals surface area contributed by atoms with Gasteiger partial charge in [0.1, 0.15) is 12.0 Å². The van der Waals surface area contributed by atoms with Gasteiger partial charge in [0.05, 0.1) is 11.6 Å². The largest absolute Gasteiger partial charge is 0.344 e. The molecule has 0 fully saturated rings. The predicted molar refractivity (Wildman–Crippen MR) is 163 cm³/mol. The summed E-state index contributed by atoms with van der Waals surface area (Å²) in [6.07, 6.45) is -0.310. The normalized spacial score (nSPS) is 14.7. The molecule has 40 heavy (non-hydrogen) atoms. The minimum atomic E-state index is -0.310. The summed E-state index contributed by atoms with van der Waals surface area (Å²) < 4.78 is 0. The van der Waals surface area contributed by atoms with Crippen LogP contribution in [0, 0.1) is 11.3 Å². The highest BCUT2D eigenvalue weighted by Gasteiger charge is 2.23. The molecule has 1 aliphatic rings. The molecule has 0 aliphatic carbocycles. The summed E-state index contributed by atoms with van der Waals surface area (Å²) in [5.74, 6) is 1.51. The molecule has 1 atom stereocenters. The average Bonchev–Trinajstić information content (AvgIpc) is 3.04. The van der Waals surface area contributed by atoms with E-state index in [0.29, 0.717) is 11.4 Å². The van der Waals surface area contributed by atoms with Crippen LogP contribution in [0.4, 0.5) is 0 Å². The van der Waals surface area contributed by atoms with Gasteiger partial charge in [-0.05, 0) is 50.4 Å². The van der Waals surface area contributed by atoms with Crippen LogP contribution in [0.15, 0.2) is 143 Å². The van der Waals surface area contributed by atoms with Crippen molar-refractivity contribution in [3.8, 4) is 17.2 Å². The van der Waals surface area contributed by atoms with Crippen molar-refractivity contribution in [1.82, 2.24) is 5.32 Å². The molecule has 188 valence electrons. The van der Waals surface area contributed by atoms with Gasteiger partial charge in [0.25, 0.3) is 0 Å². The minimum absolute atomic E-state index is 0.310. The molecule has 0 saturated heterocycles. The number of hydrogen-bond donors (Lipinski definition) is 1. The molecule has 1 heterocycles. The number of benzene rings is 6. The van der Waals surface area contributed by atoms with E-state index in [1.807, 2.05) is 24.3 Å². The molecule has 0 amide bonds. The third-order valence-electron chi connectivity index (χ3n) is 7.39. The Labute approximate surface area is 232 Å². The summed E-state index contributed by atoms with van der Waals surface area (Å²) in [5.41, 5.74) is 5.91. The Morgan fingerprint density at radius 2 is 1.12 bits per heavy atom. The van der Waals surface area contributed by atoms with Gasteiger partial charge in [0.2, 0.25) is 0 Å². The molecular weight excluding hydrogens is 488 g/mol. The van der Waals surface area contributed by atoms with Crippen LogP contribution < -0.4 is 5.32 Å². The lowest BCUT2D eigenvalue weighted by Crippen LogP contribution is -2.33. The SMILES string of the molecule is N#Cc1ccc(-c2ccc(C3N=C(c4cccc5ccccc45)N=C(c4cccc5ccccc45)N3)cc2)cc1. The first-order chi connectivity index (χ1) is 19.8. The zero-order chi connectivity index (χ0) is 26.9. The Morgan fingerprint density at radius 1 is 0.575 bits per heavy atom. The van der Waals surface area contributed by atoms with Crippen LogP contribution in [-0.2, 0) is 0 Å². The van der Waals surface area contributed by atoms with E-state index in [9.17, 15) is 0 Å². The van der Waals surface area contributed by atoms with Crippen LogP contribution in [-0.4, -0.2) is 11.7 Å². The lowest BCUT2D eigenvalue weighted by Gasteiger charge is -2.25. The molecule has 7 rings (SSSR count). The molecule has 6 aromatic rings. The van der Waals surface area contributed by atoms with E-state index in [2.05, 4.69) is 121 Å². The van der Waals surface area contributed by atoms with E-state index >= 15 is 0 Å². The molecule has 0 saturated carbocycles. The molecule has 0 bridgehead atoms. The first-order valence-corrected chi connectivity index (χ1v) is 13.3. The van der Waals surface area contributed by atoms with Gasteiger partial charge in [-0.3, -0.25) is 0 Å². The quantitative estimate of drug-likeness (QED) is 0.260. The molecule has 6 aromatic carbocycles. The Kier molecular flexibility index (Phi) is 5.88. The number of fused-ring (bicyclic) bond motifs is 2. The second-order valence-electron chi connectivity index (χ2n) is 9.82. The zero-order valence-corrected chi connectivity index (χ0v) is 21.6. The smallest absolute Gasteiger partial charge is 0.160 e. The Bertz CT molecular complexity index is 1970. The van der Waals surface area contributed by atoms with Crippen LogP contribution in [0.5, 0.6) is 0 Å². The molecule has 1 N–H and O–H groups in total. The number of nitrogens with zero attached hydrogens (tertiary/aromatic N) is 3. The Morgan fingerprint density at radius 3 is 1.77 bits per heavy atom. The van der Waals surface area contributed by atoms with Gasteiger partial charge in [-0.1, -0.05) is 121 Å². The van der Waals surface area contributed by atoms with Crippen molar-refractivity contribution in [2.24, 2.45) is 9.98 Å². The van der Waals surface area contributed by atoms with Gasteiger partial charge in [0.15, 0.2) is 5.84 Å². The fourth-order valence-corrected chi connectivity index (χ4v) is 5.32. The van der Waals surface area contributed by atoms with E-state index in [0.717, 1.165) is 49.8 Å². The van der Waals surface area contributed by atoms with Crippen molar-refractivity contribution in [3.63, 3.8) is 0 Å². The van der Waals surface area contributed by atoms with Crippen LogP contribution >= 0.6 is 0 Å². The van der Waals surface area contributed by atoms with Crippen molar-refractivity contribution in [3.05, 3.63) is 156 Å². The molecule has 0 aromatic heterocycles. The summed E-state index contributed by atoms with van der Waals surface area (Å²) in [6.45, 7) is 0. The number of amidine groups is 2. The Balaban J connectivity index is 1.34. The van der Waals surface area contributed by atoms with Crippen molar-refractivity contribution in [2.45, 2.75) is 6.17 Å². The maximum Gasteiger partial charge on any atom is 0.160 e. The second-order valence-corrected chi connectivity index (χ2v) is 9.82. The minimum Gasteiger partial charge on any atom is -0.344 e. The van der Waals surface area contributed by atoms with Gasteiger partial charge in [-0.25, -0.2) is 9.98 Å².